The predicted octanol–water partition coefficient (Wildman–Crippen LogP) is 1.82. The number of hydrogen-bond donors (Lipinski definition) is 2. The van der Waals surface area contributed by atoms with E-state index in [0.29, 0.717) is 23.7 Å². The summed E-state index contributed by atoms with van der Waals surface area (Å²) in [6.07, 6.45) is 4.84. The Labute approximate surface area is 118 Å². The number of nitrogens with one attached hydrogen (secondary N) is 1. The molecule has 3 N–H and O–H groups in total. The molecule has 2 unspecified atom stereocenters. The van der Waals surface area contributed by atoms with Gasteiger partial charge in [-0.05, 0) is 32.3 Å². The first-order chi connectivity index (χ1) is 9.67. The molecular weight excluding hydrogens is 258 g/mol. The molecule has 6 nitrogen and oxygen atoms in total. The normalized spacial score (nSPS) is 21.7. The Balaban J connectivity index is 2.16. The molecule has 0 aromatic carbocycles. The van der Waals surface area contributed by atoms with E-state index >= 15 is 0 Å². The molecule has 1 fully saturated rings. The molecule has 110 valence electrons. The van der Waals surface area contributed by atoms with E-state index in [1.807, 2.05) is 0 Å². The highest BCUT2D eigenvalue weighted by atomic mass is 16.5. The Bertz CT molecular complexity index is 479. The maximum Gasteiger partial charge on any atom is 0.340 e. The van der Waals surface area contributed by atoms with Crippen LogP contribution in [0.3, 0.4) is 0 Å². The summed E-state index contributed by atoms with van der Waals surface area (Å²) in [7, 11) is 1.70. The molecule has 1 aromatic rings. The van der Waals surface area contributed by atoms with Crippen LogP contribution in [-0.2, 0) is 9.47 Å². The highest BCUT2D eigenvalue weighted by Crippen LogP contribution is 2.28. The summed E-state index contributed by atoms with van der Waals surface area (Å²) in [6.45, 7) is 2.08. The summed E-state index contributed by atoms with van der Waals surface area (Å²) in [4.78, 5) is 16.0. The molecule has 0 bridgehead atoms. The van der Waals surface area contributed by atoms with Crippen LogP contribution >= 0.6 is 0 Å². The quantitative estimate of drug-likeness (QED) is 0.799. The van der Waals surface area contributed by atoms with Crippen LogP contribution in [0.4, 0.5) is 11.5 Å². The first-order valence-corrected chi connectivity index (χ1v) is 6.88. The van der Waals surface area contributed by atoms with Gasteiger partial charge in [0.25, 0.3) is 0 Å². The fraction of sp³-hybridized carbons (Fsp3) is 0.571. The first kappa shape index (κ1) is 14.6. The number of aromatic nitrogens is 1. The standard InChI is InChI=1S/C14H21N3O3/c1-3-20-14(18)9-7-8-16-13(12(9)15)17-10-5-4-6-11(10)19-2/h7-8,10-11H,3-6,15H2,1-2H3,(H,16,17). The number of carbonyl (C=O) groups excluding carboxylic acids is 1. The Morgan fingerprint density at radius 1 is 1.55 bits per heavy atom. The lowest BCUT2D eigenvalue weighted by Gasteiger charge is -2.21. The van der Waals surface area contributed by atoms with Crippen molar-refractivity contribution in [1.29, 1.82) is 0 Å². The first-order valence-electron chi connectivity index (χ1n) is 6.88. The van der Waals surface area contributed by atoms with Gasteiger partial charge in [-0.1, -0.05) is 0 Å². The minimum atomic E-state index is -0.426. The van der Waals surface area contributed by atoms with Gasteiger partial charge in [0, 0.05) is 13.3 Å². The minimum absolute atomic E-state index is 0.155. The number of nitrogens with two attached hydrogens (primary N) is 1. The number of anilines is 2. The average Bonchev–Trinajstić information content (AvgIpc) is 2.88. The van der Waals surface area contributed by atoms with E-state index in [2.05, 4.69) is 10.3 Å². The third kappa shape index (κ3) is 3.01. The van der Waals surface area contributed by atoms with E-state index in [4.69, 9.17) is 15.2 Å². The van der Waals surface area contributed by atoms with Gasteiger partial charge in [-0.15, -0.1) is 0 Å². The van der Waals surface area contributed by atoms with Crippen molar-refractivity contribution in [3.63, 3.8) is 0 Å². The monoisotopic (exact) mass is 279 g/mol. The van der Waals surface area contributed by atoms with Crippen molar-refractivity contribution in [2.45, 2.75) is 38.3 Å². The van der Waals surface area contributed by atoms with Crippen molar-refractivity contribution in [3.05, 3.63) is 17.8 Å². The molecule has 0 radical (unpaired) electrons. The minimum Gasteiger partial charge on any atom is -0.462 e. The van der Waals surface area contributed by atoms with Crippen LogP contribution < -0.4 is 11.1 Å². The van der Waals surface area contributed by atoms with E-state index in [9.17, 15) is 4.79 Å². The third-order valence-electron chi connectivity index (χ3n) is 3.56. The molecule has 6 heteroatoms. The van der Waals surface area contributed by atoms with Crippen molar-refractivity contribution in [3.8, 4) is 0 Å². The molecule has 1 saturated carbocycles. The van der Waals surface area contributed by atoms with Crippen LogP contribution in [0.1, 0.15) is 36.5 Å². The van der Waals surface area contributed by atoms with Gasteiger partial charge in [-0.25, -0.2) is 9.78 Å². The number of hydrogen-bond acceptors (Lipinski definition) is 6. The van der Waals surface area contributed by atoms with Crippen molar-refractivity contribution in [2.24, 2.45) is 0 Å². The summed E-state index contributed by atoms with van der Waals surface area (Å²) >= 11 is 0. The summed E-state index contributed by atoms with van der Waals surface area (Å²) in [5, 5.41) is 3.28. The van der Waals surface area contributed by atoms with Gasteiger partial charge < -0.3 is 20.5 Å². The number of nitrogen functional groups attached to an aromatic ring is 1. The highest BCUT2D eigenvalue weighted by molar-refractivity contribution is 5.97. The van der Waals surface area contributed by atoms with E-state index in [-0.39, 0.29) is 12.1 Å². The van der Waals surface area contributed by atoms with Crippen LogP contribution in [0.15, 0.2) is 12.3 Å². The van der Waals surface area contributed by atoms with E-state index in [1.54, 1.807) is 26.3 Å². The van der Waals surface area contributed by atoms with Crippen LogP contribution in [0, 0.1) is 0 Å². The molecular formula is C14H21N3O3. The molecule has 2 rings (SSSR count). The van der Waals surface area contributed by atoms with E-state index in [0.717, 1.165) is 19.3 Å². The summed E-state index contributed by atoms with van der Waals surface area (Å²) in [5.41, 5.74) is 6.68. The lowest BCUT2D eigenvalue weighted by Crippen LogP contribution is -2.30. The topological polar surface area (TPSA) is 86.5 Å². The van der Waals surface area contributed by atoms with Gasteiger partial charge in [-0.3, -0.25) is 0 Å². The van der Waals surface area contributed by atoms with Gasteiger partial charge in [0.2, 0.25) is 0 Å². The van der Waals surface area contributed by atoms with Gasteiger partial charge in [0.05, 0.1) is 30.0 Å². The summed E-state index contributed by atoms with van der Waals surface area (Å²) in [5.74, 6) is 0.0923. The molecule has 1 aliphatic carbocycles. The largest absolute Gasteiger partial charge is 0.462 e. The zero-order valence-corrected chi connectivity index (χ0v) is 11.9. The zero-order valence-electron chi connectivity index (χ0n) is 11.9. The smallest absolute Gasteiger partial charge is 0.340 e. The molecule has 1 aliphatic rings. The Kier molecular flexibility index (Phi) is 4.79. The SMILES string of the molecule is CCOC(=O)c1ccnc(NC2CCCC2OC)c1N. The number of esters is 1. The van der Waals surface area contributed by atoms with Crippen molar-refractivity contribution < 1.29 is 14.3 Å². The number of pyridine rings is 1. The fourth-order valence-corrected chi connectivity index (χ4v) is 2.52. The maximum absolute atomic E-state index is 11.8. The lowest BCUT2D eigenvalue weighted by atomic mass is 10.2. The lowest BCUT2D eigenvalue weighted by molar-refractivity contribution is 0.0527. The van der Waals surface area contributed by atoms with Gasteiger partial charge in [0.15, 0.2) is 0 Å². The van der Waals surface area contributed by atoms with Crippen molar-refractivity contribution >= 4 is 17.5 Å². The van der Waals surface area contributed by atoms with Gasteiger partial charge >= 0.3 is 5.97 Å². The second-order valence-electron chi connectivity index (χ2n) is 4.80. The highest BCUT2D eigenvalue weighted by Gasteiger charge is 2.28. The number of rotatable bonds is 5. The molecule has 0 aliphatic heterocycles. The Morgan fingerprint density at radius 3 is 3.05 bits per heavy atom. The van der Waals surface area contributed by atoms with E-state index < -0.39 is 5.97 Å². The molecule has 0 spiro atoms. The Morgan fingerprint density at radius 2 is 2.35 bits per heavy atom. The fourth-order valence-electron chi connectivity index (χ4n) is 2.52. The Hall–Kier alpha value is -1.82. The maximum atomic E-state index is 11.8. The molecule has 1 aromatic heterocycles. The number of methoxy groups -OCH3 is 1. The van der Waals surface area contributed by atoms with Crippen molar-refractivity contribution in [2.75, 3.05) is 24.8 Å². The van der Waals surface area contributed by atoms with Crippen LogP contribution in [-0.4, -0.2) is 36.8 Å². The molecule has 1 heterocycles. The second-order valence-corrected chi connectivity index (χ2v) is 4.80. The van der Waals surface area contributed by atoms with Gasteiger partial charge in [-0.2, -0.15) is 0 Å². The summed E-state index contributed by atoms with van der Waals surface area (Å²) in [6, 6.07) is 1.74. The zero-order chi connectivity index (χ0) is 14.5. The number of carbonyl (C=O) groups is 1. The van der Waals surface area contributed by atoms with E-state index in [1.165, 1.54) is 0 Å². The number of ether oxygens (including phenoxy) is 2. The van der Waals surface area contributed by atoms with Crippen LogP contribution in [0.5, 0.6) is 0 Å². The predicted molar refractivity (Wildman–Crippen MR) is 76.7 cm³/mol. The molecule has 2 atom stereocenters. The second kappa shape index (κ2) is 6.56. The van der Waals surface area contributed by atoms with Crippen LogP contribution in [0.25, 0.3) is 0 Å². The summed E-state index contributed by atoms with van der Waals surface area (Å²) < 4.78 is 10.4. The molecule has 20 heavy (non-hydrogen) atoms. The molecule has 0 amide bonds. The van der Waals surface area contributed by atoms with Crippen molar-refractivity contribution in [1.82, 2.24) is 4.98 Å². The third-order valence-corrected chi connectivity index (χ3v) is 3.56. The van der Waals surface area contributed by atoms with Gasteiger partial charge in [0.1, 0.15) is 5.82 Å². The number of nitrogens with zero attached hydrogens (tertiary/aromatic N) is 1. The van der Waals surface area contributed by atoms with Crippen LogP contribution in [0.2, 0.25) is 0 Å². The molecule has 0 saturated heterocycles. The average molecular weight is 279 g/mol.